The average Bonchev–Trinajstić information content (AvgIpc) is 2.71. The Morgan fingerprint density at radius 3 is 3.06 bits per heavy atom. The minimum atomic E-state index is -0.554. The van der Waals surface area contributed by atoms with Crippen LogP contribution in [-0.4, -0.2) is 35.7 Å². The van der Waals surface area contributed by atoms with Crippen LogP contribution in [0.4, 0.5) is 0 Å². The van der Waals surface area contributed by atoms with Crippen LogP contribution >= 0.6 is 0 Å². The molecule has 3 aliphatic rings. The van der Waals surface area contributed by atoms with Crippen molar-refractivity contribution < 1.29 is 4.79 Å². The van der Waals surface area contributed by atoms with Gasteiger partial charge in [-0.3, -0.25) is 9.79 Å². The van der Waals surface area contributed by atoms with Crippen molar-refractivity contribution in [3.8, 4) is 0 Å². The molecule has 2 N–H and O–H groups in total. The molecule has 0 aromatic carbocycles. The number of allylic oxidation sites excluding steroid dienone is 1. The van der Waals surface area contributed by atoms with E-state index in [1.807, 2.05) is 0 Å². The zero-order valence-corrected chi connectivity index (χ0v) is 10.9. The molecule has 96 valence electrons. The molecule has 0 spiro atoms. The fourth-order valence-corrected chi connectivity index (χ4v) is 2.87. The molecule has 3 heterocycles. The molecule has 0 amide bonds. The van der Waals surface area contributed by atoms with Gasteiger partial charge in [-0.1, -0.05) is 19.9 Å². The van der Waals surface area contributed by atoms with Crippen molar-refractivity contribution in [1.29, 1.82) is 0 Å². The molecule has 0 aliphatic carbocycles. The van der Waals surface area contributed by atoms with E-state index in [0.717, 1.165) is 43.0 Å². The molecule has 0 aromatic heterocycles. The first-order chi connectivity index (χ1) is 8.48. The van der Waals surface area contributed by atoms with E-state index in [-0.39, 0.29) is 11.2 Å². The lowest BCUT2D eigenvalue weighted by Crippen LogP contribution is -2.40. The van der Waals surface area contributed by atoms with Crippen LogP contribution < -0.4 is 5.73 Å². The van der Waals surface area contributed by atoms with Gasteiger partial charge in [0, 0.05) is 35.9 Å². The van der Waals surface area contributed by atoms with E-state index < -0.39 is 6.04 Å². The Bertz CT molecular complexity index is 499. The minimum Gasteiger partial charge on any atom is -0.330 e. The number of nitrogens with zero attached hydrogens (tertiary/aromatic N) is 2. The number of carbonyl (C=O) groups is 1. The van der Waals surface area contributed by atoms with Gasteiger partial charge in [-0.05, 0) is 12.8 Å². The van der Waals surface area contributed by atoms with E-state index in [0.29, 0.717) is 0 Å². The Labute approximate surface area is 107 Å². The number of amidine groups is 1. The summed E-state index contributed by atoms with van der Waals surface area (Å²) in [6, 6.07) is -0.554. The molecule has 3 rings (SSSR count). The number of fused-ring (bicyclic) bond motifs is 3. The van der Waals surface area contributed by atoms with Crippen molar-refractivity contribution >= 4 is 11.6 Å². The summed E-state index contributed by atoms with van der Waals surface area (Å²) in [5, 5.41) is 0. The lowest BCUT2D eigenvalue weighted by molar-refractivity contribution is -0.115. The van der Waals surface area contributed by atoms with Gasteiger partial charge in [0.2, 0.25) is 0 Å². The van der Waals surface area contributed by atoms with Crippen LogP contribution in [0, 0.1) is 5.41 Å². The van der Waals surface area contributed by atoms with E-state index in [2.05, 4.69) is 24.8 Å². The highest BCUT2D eigenvalue weighted by atomic mass is 16.1. The van der Waals surface area contributed by atoms with Crippen molar-refractivity contribution in [2.75, 3.05) is 13.1 Å². The van der Waals surface area contributed by atoms with Gasteiger partial charge in [0.15, 0.2) is 5.78 Å². The smallest absolute Gasteiger partial charge is 0.178 e. The third kappa shape index (κ3) is 1.72. The standard InChI is InChI=1S/C14H19N3O/c1-14(2)7-10-12(15)11(18)6-9-4-3-5-17(9)13(10)16-8-14/h6-7,12H,3-5,8,15H2,1-2H3. The summed E-state index contributed by atoms with van der Waals surface area (Å²) in [6.45, 7) is 5.96. The summed E-state index contributed by atoms with van der Waals surface area (Å²) >= 11 is 0. The van der Waals surface area contributed by atoms with Gasteiger partial charge in [-0.25, -0.2) is 0 Å². The second-order valence-corrected chi connectivity index (χ2v) is 6.00. The highest BCUT2D eigenvalue weighted by Crippen LogP contribution is 2.33. The number of rotatable bonds is 0. The molecule has 3 aliphatic heterocycles. The third-order valence-corrected chi connectivity index (χ3v) is 3.81. The van der Waals surface area contributed by atoms with Gasteiger partial charge < -0.3 is 10.6 Å². The van der Waals surface area contributed by atoms with Gasteiger partial charge in [0.05, 0.1) is 6.04 Å². The first-order valence-electron chi connectivity index (χ1n) is 6.53. The first kappa shape index (κ1) is 11.7. The van der Waals surface area contributed by atoms with Crippen molar-refractivity contribution in [2.45, 2.75) is 32.7 Å². The number of ketones is 1. The Morgan fingerprint density at radius 2 is 2.28 bits per heavy atom. The molecule has 1 fully saturated rings. The van der Waals surface area contributed by atoms with Crippen LogP contribution in [0.25, 0.3) is 0 Å². The van der Waals surface area contributed by atoms with Gasteiger partial charge in [0.25, 0.3) is 0 Å². The number of hydrogen-bond donors (Lipinski definition) is 1. The zero-order chi connectivity index (χ0) is 12.9. The molecule has 0 bridgehead atoms. The first-order valence-corrected chi connectivity index (χ1v) is 6.53. The zero-order valence-electron chi connectivity index (χ0n) is 10.9. The number of aliphatic imine (C=N–C) groups is 1. The summed E-state index contributed by atoms with van der Waals surface area (Å²) in [4.78, 5) is 19.0. The molecule has 0 aromatic rings. The Balaban J connectivity index is 2.11. The highest BCUT2D eigenvalue weighted by Gasteiger charge is 2.36. The van der Waals surface area contributed by atoms with Crippen LogP contribution in [0.5, 0.6) is 0 Å². The van der Waals surface area contributed by atoms with E-state index in [9.17, 15) is 4.79 Å². The molecular weight excluding hydrogens is 226 g/mol. The molecule has 4 heteroatoms. The van der Waals surface area contributed by atoms with Gasteiger partial charge in [0.1, 0.15) is 5.84 Å². The number of carbonyl (C=O) groups excluding carboxylic acids is 1. The van der Waals surface area contributed by atoms with Crippen molar-refractivity contribution in [3.63, 3.8) is 0 Å². The summed E-state index contributed by atoms with van der Waals surface area (Å²) in [5.41, 5.74) is 8.06. The monoisotopic (exact) mass is 245 g/mol. The number of nitrogens with two attached hydrogens (primary N) is 1. The molecular formula is C14H19N3O. The van der Waals surface area contributed by atoms with Crippen LogP contribution in [0.2, 0.25) is 0 Å². The van der Waals surface area contributed by atoms with E-state index >= 15 is 0 Å². The average molecular weight is 245 g/mol. The van der Waals surface area contributed by atoms with Crippen molar-refractivity contribution in [2.24, 2.45) is 16.1 Å². The van der Waals surface area contributed by atoms with Gasteiger partial charge in [-0.2, -0.15) is 0 Å². The summed E-state index contributed by atoms with van der Waals surface area (Å²) in [7, 11) is 0. The van der Waals surface area contributed by atoms with E-state index in [1.54, 1.807) is 6.08 Å². The lowest BCUT2D eigenvalue weighted by atomic mass is 9.85. The third-order valence-electron chi connectivity index (χ3n) is 3.81. The van der Waals surface area contributed by atoms with Crippen molar-refractivity contribution in [1.82, 2.24) is 4.90 Å². The minimum absolute atomic E-state index is 0.00560. The molecule has 4 nitrogen and oxygen atoms in total. The Morgan fingerprint density at radius 1 is 1.50 bits per heavy atom. The highest BCUT2D eigenvalue weighted by molar-refractivity contribution is 6.12. The quantitative estimate of drug-likeness (QED) is 0.698. The van der Waals surface area contributed by atoms with Crippen LogP contribution in [0.15, 0.2) is 28.4 Å². The predicted molar refractivity (Wildman–Crippen MR) is 71.2 cm³/mol. The van der Waals surface area contributed by atoms with E-state index in [1.165, 1.54) is 0 Å². The summed E-state index contributed by atoms with van der Waals surface area (Å²) in [5.74, 6) is 0.933. The summed E-state index contributed by atoms with van der Waals surface area (Å²) in [6.07, 6.45) is 5.89. The largest absolute Gasteiger partial charge is 0.330 e. The second-order valence-electron chi connectivity index (χ2n) is 6.00. The topological polar surface area (TPSA) is 58.7 Å². The van der Waals surface area contributed by atoms with Gasteiger partial charge >= 0.3 is 0 Å². The van der Waals surface area contributed by atoms with E-state index in [4.69, 9.17) is 10.7 Å². The maximum absolute atomic E-state index is 12.1. The maximum atomic E-state index is 12.1. The Kier molecular flexibility index (Phi) is 2.45. The molecule has 1 saturated heterocycles. The molecule has 0 radical (unpaired) electrons. The Hall–Kier alpha value is -1.42. The molecule has 18 heavy (non-hydrogen) atoms. The predicted octanol–water partition coefficient (Wildman–Crippen LogP) is 1.24. The second kappa shape index (κ2) is 3.79. The fourth-order valence-electron chi connectivity index (χ4n) is 2.87. The number of hydrogen-bond acceptors (Lipinski definition) is 4. The van der Waals surface area contributed by atoms with Gasteiger partial charge in [-0.15, -0.1) is 0 Å². The fraction of sp³-hybridized carbons (Fsp3) is 0.571. The maximum Gasteiger partial charge on any atom is 0.178 e. The van der Waals surface area contributed by atoms with Crippen LogP contribution in [-0.2, 0) is 4.79 Å². The van der Waals surface area contributed by atoms with Crippen molar-refractivity contribution in [3.05, 3.63) is 23.4 Å². The molecule has 0 saturated carbocycles. The molecule has 1 unspecified atom stereocenters. The lowest BCUT2D eigenvalue weighted by Gasteiger charge is -2.31. The summed E-state index contributed by atoms with van der Waals surface area (Å²) < 4.78 is 0. The number of dihydropyridines is 1. The SMILES string of the molecule is CC1(C)C=C2C(=NC1)N1CCCC1=CC(=O)C2N. The van der Waals surface area contributed by atoms with Crippen LogP contribution in [0.1, 0.15) is 26.7 Å². The normalized spacial score (nSPS) is 29.9. The molecule has 1 atom stereocenters. The van der Waals surface area contributed by atoms with Crippen LogP contribution in [0.3, 0.4) is 0 Å².